The Morgan fingerprint density at radius 3 is 2.47 bits per heavy atom. The molecule has 0 radical (unpaired) electrons. The number of aliphatic carboxylic acids is 1. The van der Waals surface area contributed by atoms with Crippen LogP contribution in [0.3, 0.4) is 0 Å². The molecule has 5 nitrogen and oxygen atoms in total. The van der Waals surface area contributed by atoms with Crippen molar-refractivity contribution in [2.45, 2.75) is 19.4 Å². The number of likely N-dealkylation sites (N-methyl/N-ethyl adjacent to an activating group) is 1. The fourth-order valence-corrected chi connectivity index (χ4v) is 1.42. The Kier molecular flexibility index (Phi) is 5.44. The number of amides is 1. The van der Waals surface area contributed by atoms with Crippen molar-refractivity contribution < 1.29 is 19.1 Å². The Bertz CT molecular complexity index is 448. The van der Waals surface area contributed by atoms with E-state index in [0.717, 1.165) is 0 Å². The van der Waals surface area contributed by atoms with Crippen LogP contribution in [0.25, 0.3) is 0 Å². The third kappa shape index (κ3) is 5.05. The fourth-order valence-electron chi connectivity index (χ4n) is 1.42. The van der Waals surface area contributed by atoms with E-state index in [4.69, 9.17) is 5.11 Å². The Morgan fingerprint density at radius 2 is 1.95 bits per heavy atom. The summed E-state index contributed by atoms with van der Waals surface area (Å²) in [5.41, 5.74) is 0.514. The number of carboxylic acids is 1. The van der Waals surface area contributed by atoms with E-state index in [2.05, 4.69) is 5.32 Å². The van der Waals surface area contributed by atoms with Crippen LogP contribution in [0.5, 0.6) is 0 Å². The molecule has 0 heterocycles. The first kappa shape index (κ1) is 15.1. The van der Waals surface area contributed by atoms with Crippen LogP contribution in [0.1, 0.15) is 13.3 Å². The molecule has 0 saturated carbocycles. The average Bonchev–Trinajstić information content (AvgIpc) is 2.37. The minimum atomic E-state index is -0.929. The maximum Gasteiger partial charge on any atom is 0.320 e. The number of nitrogens with zero attached hydrogens (tertiary/aromatic N) is 1. The summed E-state index contributed by atoms with van der Waals surface area (Å²) in [7, 11) is 1.64. The number of hydrogen-bond donors (Lipinski definition) is 2. The van der Waals surface area contributed by atoms with Crippen LogP contribution >= 0.6 is 0 Å². The van der Waals surface area contributed by atoms with Gasteiger partial charge in [0.25, 0.3) is 0 Å². The fraction of sp³-hybridized carbons (Fsp3) is 0.385. The van der Waals surface area contributed by atoms with Crippen molar-refractivity contribution in [1.29, 1.82) is 0 Å². The Balaban J connectivity index is 2.39. The number of nitrogens with one attached hydrogen (secondary N) is 1. The molecular formula is C13H17FN2O3. The molecule has 1 aromatic carbocycles. The molecular weight excluding hydrogens is 251 g/mol. The normalized spacial score (nSPS) is 12.2. The van der Waals surface area contributed by atoms with Gasteiger partial charge in [-0.15, -0.1) is 0 Å². The van der Waals surface area contributed by atoms with E-state index in [1.807, 2.05) is 0 Å². The van der Waals surface area contributed by atoms with Crippen LogP contribution in [-0.4, -0.2) is 41.5 Å². The molecule has 1 amide bonds. The molecule has 19 heavy (non-hydrogen) atoms. The molecule has 0 aliphatic rings. The van der Waals surface area contributed by atoms with Gasteiger partial charge in [-0.1, -0.05) is 0 Å². The molecule has 0 aliphatic heterocycles. The highest BCUT2D eigenvalue weighted by molar-refractivity contribution is 5.90. The lowest BCUT2D eigenvalue weighted by molar-refractivity contribution is -0.142. The first-order valence-electron chi connectivity index (χ1n) is 5.88. The van der Waals surface area contributed by atoms with Gasteiger partial charge >= 0.3 is 5.97 Å². The van der Waals surface area contributed by atoms with Gasteiger partial charge in [-0.25, -0.2) is 4.39 Å². The van der Waals surface area contributed by atoms with Crippen molar-refractivity contribution in [2.24, 2.45) is 0 Å². The summed E-state index contributed by atoms with van der Waals surface area (Å²) in [4.78, 5) is 23.9. The SMILES string of the molecule is CC(C(=O)O)N(C)CCC(=O)Nc1ccc(F)cc1. The van der Waals surface area contributed by atoms with Crippen LogP contribution < -0.4 is 5.32 Å². The summed E-state index contributed by atoms with van der Waals surface area (Å²) in [6.45, 7) is 1.89. The summed E-state index contributed by atoms with van der Waals surface area (Å²) in [6.07, 6.45) is 0.172. The van der Waals surface area contributed by atoms with Crippen molar-refractivity contribution in [3.63, 3.8) is 0 Å². The molecule has 0 bridgehead atoms. The summed E-state index contributed by atoms with van der Waals surface area (Å²) < 4.78 is 12.7. The second-order valence-electron chi connectivity index (χ2n) is 4.30. The first-order valence-corrected chi connectivity index (χ1v) is 5.88. The van der Waals surface area contributed by atoms with Crippen molar-refractivity contribution in [2.75, 3.05) is 18.9 Å². The molecule has 0 aliphatic carbocycles. The molecule has 2 N–H and O–H groups in total. The summed E-state index contributed by atoms with van der Waals surface area (Å²) in [5.74, 6) is -1.54. The largest absolute Gasteiger partial charge is 0.480 e. The van der Waals surface area contributed by atoms with E-state index < -0.39 is 12.0 Å². The monoisotopic (exact) mass is 268 g/mol. The number of carboxylic acid groups (broad SMARTS) is 1. The number of carbonyl (C=O) groups excluding carboxylic acids is 1. The van der Waals surface area contributed by atoms with Crippen molar-refractivity contribution in [3.8, 4) is 0 Å². The van der Waals surface area contributed by atoms with Crippen molar-refractivity contribution in [1.82, 2.24) is 4.90 Å². The number of halogens is 1. The first-order chi connectivity index (χ1) is 8.90. The molecule has 1 atom stereocenters. The highest BCUT2D eigenvalue weighted by Gasteiger charge is 2.17. The maximum absolute atomic E-state index is 12.7. The van der Waals surface area contributed by atoms with E-state index >= 15 is 0 Å². The number of anilines is 1. The van der Waals surface area contributed by atoms with Gasteiger partial charge in [0.15, 0.2) is 0 Å². The van der Waals surface area contributed by atoms with Gasteiger partial charge in [0.2, 0.25) is 5.91 Å². The van der Waals surface area contributed by atoms with Gasteiger partial charge in [0, 0.05) is 18.7 Å². The number of hydrogen-bond acceptors (Lipinski definition) is 3. The lowest BCUT2D eigenvalue weighted by Crippen LogP contribution is -2.37. The number of benzene rings is 1. The zero-order chi connectivity index (χ0) is 14.4. The van der Waals surface area contributed by atoms with E-state index in [1.165, 1.54) is 24.3 Å². The topological polar surface area (TPSA) is 69.6 Å². The van der Waals surface area contributed by atoms with Crippen molar-refractivity contribution in [3.05, 3.63) is 30.1 Å². The van der Waals surface area contributed by atoms with E-state index in [9.17, 15) is 14.0 Å². The third-order valence-corrected chi connectivity index (χ3v) is 2.84. The lowest BCUT2D eigenvalue weighted by Gasteiger charge is -2.20. The number of carbonyl (C=O) groups is 2. The van der Waals surface area contributed by atoms with Crippen LogP contribution in [0.4, 0.5) is 10.1 Å². The van der Waals surface area contributed by atoms with Gasteiger partial charge < -0.3 is 10.4 Å². The van der Waals surface area contributed by atoms with Crippen LogP contribution in [0.15, 0.2) is 24.3 Å². The van der Waals surface area contributed by atoms with E-state index in [1.54, 1.807) is 18.9 Å². The Labute approximate surface area is 111 Å². The van der Waals surface area contributed by atoms with E-state index in [0.29, 0.717) is 12.2 Å². The second kappa shape index (κ2) is 6.84. The molecule has 1 unspecified atom stereocenters. The van der Waals surface area contributed by atoms with Crippen LogP contribution in [0, 0.1) is 5.82 Å². The van der Waals surface area contributed by atoms with Gasteiger partial charge in [-0.2, -0.15) is 0 Å². The number of rotatable bonds is 6. The standard InChI is InChI=1S/C13H17FN2O3/c1-9(13(18)19)16(2)8-7-12(17)15-11-5-3-10(14)4-6-11/h3-6,9H,7-8H2,1-2H3,(H,15,17)(H,18,19). The average molecular weight is 268 g/mol. The minimum absolute atomic E-state index is 0.172. The van der Waals surface area contributed by atoms with E-state index in [-0.39, 0.29) is 18.1 Å². The third-order valence-electron chi connectivity index (χ3n) is 2.84. The van der Waals surface area contributed by atoms with Gasteiger partial charge in [-0.3, -0.25) is 14.5 Å². The Morgan fingerprint density at radius 1 is 1.37 bits per heavy atom. The lowest BCUT2D eigenvalue weighted by atomic mass is 10.2. The summed E-state index contributed by atoms with van der Waals surface area (Å²) >= 11 is 0. The molecule has 1 rings (SSSR count). The quantitative estimate of drug-likeness (QED) is 0.821. The minimum Gasteiger partial charge on any atom is -0.480 e. The van der Waals surface area contributed by atoms with Gasteiger partial charge in [0.1, 0.15) is 11.9 Å². The highest BCUT2D eigenvalue weighted by Crippen LogP contribution is 2.08. The molecule has 0 fully saturated rings. The second-order valence-corrected chi connectivity index (χ2v) is 4.30. The predicted octanol–water partition coefficient (Wildman–Crippen LogP) is 1.56. The molecule has 0 spiro atoms. The molecule has 1 aromatic rings. The van der Waals surface area contributed by atoms with Crippen LogP contribution in [0.2, 0.25) is 0 Å². The van der Waals surface area contributed by atoms with Gasteiger partial charge in [0.05, 0.1) is 0 Å². The molecule has 104 valence electrons. The summed E-state index contributed by atoms with van der Waals surface area (Å²) in [5, 5.41) is 11.4. The maximum atomic E-state index is 12.7. The van der Waals surface area contributed by atoms with Gasteiger partial charge in [-0.05, 0) is 38.2 Å². The van der Waals surface area contributed by atoms with Crippen LogP contribution in [-0.2, 0) is 9.59 Å². The molecule has 6 heteroatoms. The predicted molar refractivity (Wildman–Crippen MR) is 69.4 cm³/mol. The molecule has 0 aromatic heterocycles. The highest BCUT2D eigenvalue weighted by atomic mass is 19.1. The zero-order valence-corrected chi connectivity index (χ0v) is 10.9. The Hall–Kier alpha value is -1.95. The zero-order valence-electron chi connectivity index (χ0n) is 10.9. The smallest absolute Gasteiger partial charge is 0.320 e. The molecule has 0 saturated heterocycles. The summed E-state index contributed by atoms with van der Waals surface area (Å²) in [6, 6.07) is 4.81. The van der Waals surface area contributed by atoms with Crippen molar-refractivity contribution >= 4 is 17.6 Å².